The van der Waals surface area contributed by atoms with Crippen molar-refractivity contribution in [3.63, 3.8) is 0 Å². The molecular weight excluding hydrogens is 276 g/mol. The van der Waals surface area contributed by atoms with Crippen LogP contribution in [0.15, 0.2) is 48.8 Å². The molecular formula is C17H18N4O. The summed E-state index contributed by atoms with van der Waals surface area (Å²) in [6.07, 6.45) is 4.79. The van der Waals surface area contributed by atoms with Gasteiger partial charge in [-0.2, -0.15) is 19.6 Å². The Balaban J connectivity index is 1.99. The maximum absolute atomic E-state index is 12.5. The maximum atomic E-state index is 12.5. The molecule has 0 N–H and O–H groups in total. The monoisotopic (exact) mass is 294 g/mol. The van der Waals surface area contributed by atoms with Crippen molar-refractivity contribution in [3.8, 4) is 0 Å². The predicted molar refractivity (Wildman–Crippen MR) is 84.0 cm³/mol. The molecule has 0 saturated heterocycles. The standard InChI is InChI=1S/C17H18N4O/c1-3-16-15(12-14-8-5-4-6-9-14)13(2)21(19-16)17(22)20-11-7-10-18-20/h4-11H,3,12H2,1-2H3. The zero-order valence-electron chi connectivity index (χ0n) is 12.7. The second-order valence-corrected chi connectivity index (χ2v) is 5.17. The molecule has 22 heavy (non-hydrogen) atoms. The van der Waals surface area contributed by atoms with Gasteiger partial charge in [0.05, 0.1) is 5.69 Å². The minimum Gasteiger partial charge on any atom is -0.244 e. The largest absolute Gasteiger partial charge is 0.369 e. The summed E-state index contributed by atoms with van der Waals surface area (Å²) < 4.78 is 2.75. The van der Waals surface area contributed by atoms with Crippen LogP contribution in [-0.4, -0.2) is 25.6 Å². The van der Waals surface area contributed by atoms with Crippen molar-refractivity contribution in [1.29, 1.82) is 0 Å². The van der Waals surface area contributed by atoms with Crippen LogP contribution < -0.4 is 0 Å². The number of benzene rings is 1. The Labute approximate surface area is 129 Å². The molecule has 0 aliphatic rings. The fourth-order valence-electron chi connectivity index (χ4n) is 2.57. The average Bonchev–Trinajstić information content (AvgIpc) is 3.17. The normalized spacial score (nSPS) is 10.8. The van der Waals surface area contributed by atoms with E-state index in [0.717, 1.165) is 29.8 Å². The van der Waals surface area contributed by atoms with Crippen molar-refractivity contribution in [2.75, 3.05) is 0 Å². The Kier molecular flexibility index (Phi) is 3.87. The van der Waals surface area contributed by atoms with Crippen LogP contribution in [0.1, 0.15) is 29.4 Å². The van der Waals surface area contributed by atoms with Gasteiger partial charge in [0.1, 0.15) is 0 Å². The lowest BCUT2D eigenvalue weighted by Gasteiger charge is -2.04. The van der Waals surface area contributed by atoms with Gasteiger partial charge in [0, 0.05) is 30.1 Å². The van der Waals surface area contributed by atoms with Gasteiger partial charge in [-0.25, -0.2) is 4.79 Å². The SMILES string of the molecule is CCc1nn(C(=O)n2cccn2)c(C)c1Cc1ccccc1. The number of carbonyl (C=O) groups excluding carboxylic acids is 1. The molecule has 0 spiro atoms. The van der Waals surface area contributed by atoms with Gasteiger partial charge < -0.3 is 0 Å². The number of carbonyl (C=O) groups is 1. The van der Waals surface area contributed by atoms with E-state index in [1.54, 1.807) is 18.5 Å². The molecule has 0 atom stereocenters. The van der Waals surface area contributed by atoms with Crippen molar-refractivity contribution in [3.05, 3.63) is 71.3 Å². The molecule has 0 aliphatic heterocycles. The number of rotatable bonds is 3. The number of aromatic nitrogens is 4. The third kappa shape index (κ3) is 2.57. The highest BCUT2D eigenvalue weighted by molar-refractivity contribution is 5.78. The zero-order chi connectivity index (χ0) is 15.5. The molecule has 0 fully saturated rings. The molecule has 3 rings (SSSR count). The predicted octanol–water partition coefficient (Wildman–Crippen LogP) is 3.06. The Hall–Kier alpha value is -2.69. The Morgan fingerprint density at radius 2 is 1.95 bits per heavy atom. The van der Waals surface area contributed by atoms with Crippen molar-refractivity contribution < 1.29 is 4.79 Å². The van der Waals surface area contributed by atoms with E-state index >= 15 is 0 Å². The van der Waals surface area contributed by atoms with Crippen molar-refractivity contribution in [2.24, 2.45) is 0 Å². The summed E-state index contributed by atoms with van der Waals surface area (Å²) in [5, 5.41) is 8.48. The number of nitrogens with zero attached hydrogens (tertiary/aromatic N) is 4. The van der Waals surface area contributed by atoms with Crippen LogP contribution in [0.4, 0.5) is 4.79 Å². The molecule has 5 nitrogen and oxygen atoms in total. The molecule has 0 unspecified atom stereocenters. The van der Waals surface area contributed by atoms with Crippen molar-refractivity contribution in [1.82, 2.24) is 19.6 Å². The van der Waals surface area contributed by atoms with Gasteiger partial charge >= 0.3 is 6.03 Å². The van der Waals surface area contributed by atoms with Crippen LogP contribution >= 0.6 is 0 Å². The van der Waals surface area contributed by atoms with E-state index in [9.17, 15) is 4.79 Å². The maximum Gasteiger partial charge on any atom is 0.369 e. The van der Waals surface area contributed by atoms with Crippen LogP contribution in [0.2, 0.25) is 0 Å². The summed E-state index contributed by atoms with van der Waals surface area (Å²) in [4.78, 5) is 12.5. The third-order valence-corrected chi connectivity index (χ3v) is 3.76. The second kappa shape index (κ2) is 5.97. The fourth-order valence-corrected chi connectivity index (χ4v) is 2.57. The van der Waals surface area contributed by atoms with Crippen LogP contribution in [0, 0.1) is 6.92 Å². The highest BCUT2D eigenvalue weighted by Gasteiger charge is 2.19. The van der Waals surface area contributed by atoms with Gasteiger partial charge in [0.15, 0.2) is 0 Å². The van der Waals surface area contributed by atoms with E-state index in [-0.39, 0.29) is 6.03 Å². The molecule has 2 heterocycles. The van der Waals surface area contributed by atoms with E-state index < -0.39 is 0 Å². The van der Waals surface area contributed by atoms with E-state index in [1.807, 2.05) is 25.1 Å². The van der Waals surface area contributed by atoms with Gasteiger partial charge in [-0.1, -0.05) is 37.3 Å². The number of aryl methyl sites for hydroxylation is 1. The first-order valence-electron chi connectivity index (χ1n) is 7.36. The summed E-state index contributed by atoms with van der Waals surface area (Å²) in [6.45, 7) is 3.99. The molecule has 0 radical (unpaired) electrons. The molecule has 0 saturated carbocycles. The Bertz CT molecular complexity index is 773. The summed E-state index contributed by atoms with van der Waals surface area (Å²) >= 11 is 0. The van der Waals surface area contributed by atoms with Crippen LogP contribution in [0.25, 0.3) is 0 Å². The van der Waals surface area contributed by atoms with Gasteiger partial charge in [-0.3, -0.25) is 0 Å². The number of hydrogen-bond donors (Lipinski definition) is 0. The van der Waals surface area contributed by atoms with Gasteiger partial charge in [-0.15, -0.1) is 0 Å². The molecule has 3 aromatic rings. The first kappa shape index (κ1) is 14.3. The summed E-state index contributed by atoms with van der Waals surface area (Å²) in [6, 6.07) is 11.7. The van der Waals surface area contributed by atoms with E-state index in [4.69, 9.17) is 0 Å². The lowest BCUT2D eigenvalue weighted by Crippen LogP contribution is -2.22. The lowest BCUT2D eigenvalue weighted by atomic mass is 10.0. The van der Waals surface area contributed by atoms with E-state index in [1.165, 1.54) is 14.9 Å². The molecule has 0 aliphatic carbocycles. The molecule has 1 aromatic carbocycles. The van der Waals surface area contributed by atoms with Crippen molar-refractivity contribution >= 4 is 6.03 Å². The first-order chi connectivity index (χ1) is 10.7. The molecule has 5 heteroatoms. The molecule has 0 bridgehead atoms. The second-order valence-electron chi connectivity index (χ2n) is 5.17. The first-order valence-corrected chi connectivity index (χ1v) is 7.36. The lowest BCUT2D eigenvalue weighted by molar-refractivity contribution is 0.237. The average molecular weight is 294 g/mol. The van der Waals surface area contributed by atoms with E-state index in [2.05, 4.69) is 29.3 Å². The Morgan fingerprint density at radius 1 is 1.18 bits per heavy atom. The minimum atomic E-state index is -0.253. The molecule has 112 valence electrons. The third-order valence-electron chi connectivity index (χ3n) is 3.76. The van der Waals surface area contributed by atoms with Gasteiger partial charge in [-0.05, 0) is 25.0 Å². The van der Waals surface area contributed by atoms with Gasteiger partial charge in [0.2, 0.25) is 0 Å². The van der Waals surface area contributed by atoms with E-state index in [0.29, 0.717) is 0 Å². The Morgan fingerprint density at radius 3 is 2.59 bits per heavy atom. The minimum absolute atomic E-state index is 0.253. The van der Waals surface area contributed by atoms with Crippen LogP contribution in [-0.2, 0) is 12.8 Å². The molecule has 0 amide bonds. The summed E-state index contributed by atoms with van der Waals surface area (Å²) in [5.74, 6) is 0. The fraction of sp³-hybridized carbons (Fsp3) is 0.235. The number of hydrogen-bond acceptors (Lipinski definition) is 3. The zero-order valence-corrected chi connectivity index (χ0v) is 12.7. The highest BCUT2D eigenvalue weighted by Crippen LogP contribution is 2.19. The van der Waals surface area contributed by atoms with Crippen molar-refractivity contribution in [2.45, 2.75) is 26.7 Å². The van der Waals surface area contributed by atoms with Crippen LogP contribution in [0.5, 0.6) is 0 Å². The quantitative estimate of drug-likeness (QED) is 0.746. The molecule has 2 aromatic heterocycles. The van der Waals surface area contributed by atoms with Gasteiger partial charge in [0.25, 0.3) is 0 Å². The smallest absolute Gasteiger partial charge is 0.244 e. The summed E-state index contributed by atoms with van der Waals surface area (Å²) in [5.41, 5.74) is 4.17. The van der Waals surface area contributed by atoms with Crippen LogP contribution in [0.3, 0.4) is 0 Å². The summed E-state index contributed by atoms with van der Waals surface area (Å²) in [7, 11) is 0. The highest BCUT2D eigenvalue weighted by atomic mass is 16.2. The topological polar surface area (TPSA) is 52.7 Å².